The lowest BCUT2D eigenvalue weighted by Crippen LogP contribution is -2.56. The molecular weight excluding hydrogens is 392 g/mol. The summed E-state index contributed by atoms with van der Waals surface area (Å²) in [5.41, 5.74) is 3.72. The first kappa shape index (κ1) is 22.3. The molecule has 3 aromatic rings. The molecule has 156 valence electrons. The van der Waals surface area contributed by atoms with E-state index in [4.69, 9.17) is 0 Å². The average molecular weight is 421 g/mol. The van der Waals surface area contributed by atoms with Crippen molar-refractivity contribution in [2.75, 3.05) is 32.7 Å². The van der Waals surface area contributed by atoms with Gasteiger partial charge in [0.25, 0.3) is 0 Å². The van der Waals surface area contributed by atoms with Crippen LogP contribution in [0.5, 0.6) is 0 Å². The molecule has 0 atom stereocenters. The number of nitrogens with zero attached hydrogens (tertiary/aromatic N) is 2. The van der Waals surface area contributed by atoms with Gasteiger partial charge < -0.3 is 9.85 Å². The molecule has 0 bridgehead atoms. The monoisotopic (exact) mass is 420 g/mol. The molecule has 0 amide bonds. The van der Waals surface area contributed by atoms with E-state index >= 15 is 0 Å². The van der Waals surface area contributed by atoms with E-state index in [0.717, 1.165) is 18.7 Å². The van der Waals surface area contributed by atoms with Gasteiger partial charge in [-0.2, -0.15) is 0 Å². The van der Waals surface area contributed by atoms with Crippen LogP contribution in [-0.2, 0) is 0 Å². The molecule has 1 heterocycles. The maximum absolute atomic E-state index is 13.2. The molecule has 1 aliphatic heterocycles. The molecule has 1 fully saturated rings. The van der Waals surface area contributed by atoms with Gasteiger partial charge in [-0.25, -0.2) is 0 Å². The first-order valence-electron chi connectivity index (χ1n) is 10.4. The normalized spacial score (nSPS) is 16.5. The first-order chi connectivity index (χ1) is 14.2. The molecule has 1 aliphatic rings. The minimum atomic E-state index is -0.143. The van der Waals surface area contributed by atoms with Crippen molar-refractivity contribution in [2.24, 2.45) is 0 Å². The van der Waals surface area contributed by atoms with Crippen LogP contribution in [0, 0.1) is 5.21 Å². The fourth-order valence-corrected chi connectivity index (χ4v) is 4.12. The van der Waals surface area contributed by atoms with E-state index in [1.165, 1.54) is 11.1 Å². The van der Waals surface area contributed by atoms with Gasteiger partial charge in [-0.05, 0) is 22.8 Å². The summed E-state index contributed by atoms with van der Waals surface area (Å²) in [6.07, 6.45) is 4.09. The van der Waals surface area contributed by atoms with E-state index in [1.54, 1.807) is 0 Å². The zero-order valence-electron chi connectivity index (χ0n) is 17.1. The lowest BCUT2D eigenvalue weighted by Gasteiger charge is -2.49. The molecule has 3 nitrogen and oxygen atoms in total. The molecule has 0 aromatic heterocycles. The lowest BCUT2D eigenvalue weighted by molar-refractivity contribution is -0.879. The summed E-state index contributed by atoms with van der Waals surface area (Å²) in [4.78, 5) is 2.46. The van der Waals surface area contributed by atoms with E-state index in [0.29, 0.717) is 19.6 Å². The van der Waals surface area contributed by atoms with E-state index in [-0.39, 0.29) is 23.1 Å². The maximum Gasteiger partial charge on any atom is 0.0975 e. The van der Waals surface area contributed by atoms with Crippen LogP contribution in [-0.4, -0.2) is 42.3 Å². The summed E-state index contributed by atoms with van der Waals surface area (Å²) in [5.74, 6) is 0. The van der Waals surface area contributed by atoms with Crippen LogP contribution in [0.4, 0.5) is 0 Å². The number of quaternary nitrogens is 1. The molecule has 0 saturated carbocycles. The number of rotatable bonds is 6. The second-order valence-electron chi connectivity index (χ2n) is 7.76. The summed E-state index contributed by atoms with van der Waals surface area (Å²) in [6.45, 7) is 3.38. The van der Waals surface area contributed by atoms with Gasteiger partial charge in [0.05, 0.1) is 25.7 Å². The SMILES string of the molecule is Cl.[O-][N+]1(C/C=C/c2ccccc2)CCN(C(c2ccccc2)c2ccccc2)CC1. The number of hydrogen-bond acceptors (Lipinski definition) is 2. The molecule has 0 N–H and O–H groups in total. The highest BCUT2D eigenvalue weighted by Crippen LogP contribution is 2.30. The maximum atomic E-state index is 13.2. The molecule has 30 heavy (non-hydrogen) atoms. The van der Waals surface area contributed by atoms with Crippen LogP contribution in [0.2, 0.25) is 0 Å². The summed E-state index contributed by atoms with van der Waals surface area (Å²) in [5, 5.41) is 13.2. The summed E-state index contributed by atoms with van der Waals surface area (Å²) in [6, 6.07) is 31.6. The predicted octanol–water partition coefficient (Wildman–Crippen LogP) is 5.54. The van der Waals surface area contributed by atoms with Gasteiger partial charge in [-0.3, -0.25) is 4.90 Å². The summed E-state index contributed by atoms with van der Waals surface area (Å²) < 4.78 is -0.143. The second-order valence-corrected chi connectivity index (χ2v) is 7.76. The van der Waals surface area contributed by atoms with Crippen molar-refractivity contribution in [3.63, 3.8) is 0 Å². The Bertz CT molecular complexity index is 868. The Kier molecular flexibility index (Phi) is 7.83. The minimum absolute atomic E-state index is 0. The van der Waals surface area contributed by atoms with Gasteiger partial charge in [0.15, 0.2) is 0 Å². The van der Waals surface area contributed by atoms with Gasteiger partial charge in [-0.15, -0.1) is 12.4 Å². The van der Waals surface area contributed by atoms with Crippen LogP contribution in [0.25, 0.3) is 6.08 Å². The Labute approximate surface area is 185 Å². The Balaban J connectivity index is 0.00000256. The largest absolute Gasteiger partial charge is 0.632 e. The van der Waals surface area contributed by atoms with Crippen molar-refractivity contribution in [1.29, 1.82) is 0 Å². The van der Waals surface area contributed by atoms with Crippen molar-refractivity contribution in [3.8, 4) is 0 Å². The number of piperazine rings is 1. The summed E-state index contributed by atoms with van der Waals surface area (Å²) >= 11 is 0. The van der Waals surface area contributed by atoms with E-state index < -0.39 is 0 Å². The zero-order chi connectivity index (χ0) is 19.9. The lowest BCUT2D eigenvalue weighted by atomic mass is 9.96. The molecule has 1 saturated heterocycles. The quantitative estimate of drug-likeness (QED) is 0.386. The Hall–Kier alpha value is -2.43. The summed E-state index contributed by atoms with van der Waals surface area (Å²) in [7, 11) is 0. The Morgan fingerprint density at radius 1 is 0.767 bits per heavy atom. The number of hydroxylamine groups is 3. The van der Waals surface area contributed by atoms with Gasteiger partial charge >= 0.3 is 0 Å². The topological polar surface area (TPSA) is 26.3 Å². The van der Waals surface area contributed by atoms with Crippen molar-refractivity contribution in [3.05, 3.63) is 119 Å². The van der Waals surface area contributed by atoms with Crippen molar-refractivity contribution < 1.29 is 4.65 Å². The average Bonchev–Trinajstić information content (AvgIpc) is 2.78. The minimum Gasteiger partial charge on any atom is -0.632 e. The Morgan fingerprint density at radius 2 is 1.23 bits per heavy atom. The van der Waals surface area contributed by atoms with E-state index in [9.17, 15) is 5.21 Å². The molecular formula is C26H29ClN2O. The predicted molar refractivity (Wildman–Crippen MR) is 127 cm³/mol. The van der Waals surface area contributed by atoms with Crippen molar-refractivity contribution in [1.82, 2.24) is 4.90 Å². The van der Waals surface area contributed by atoms with Crippen molar-refractivity contribution >= 4 is 18.5 Å². The highest BCUT2D eigenvalue weighted by atomic mass is 35.5. The molecule has 4 heteroatoms. The number of benzene rings is 3. The van der Waals surface area contributed by atoms with Gasteiger partial charge in [0.2, 0.25) is 0 Å². The van der Waals surface area contributed by atoms with Crippen LogP contribution >= 0.6 is 12.4 Å². The zero-order valence-corrected chi connectivity index (χ0v) is 18.0. The highest BCUT2D eigenvalue weighted by Gasteiger charge is 2.30. The molecule has 0 spiro atoms. The molecule has 3 aromatic carbocycles. The number of halogens is 1. The van der Waals surface area contributed by atoms with Gasteiger partial charge in [0, 0.05) is 13.1 Å². The second kappa shape index (κ2) is 10.6. The molecule has 0 unspecified atom stereocenters. The van der Waals surface area contributed by atoms with Gasteiger partial charge in [-0.1, -0.05) is 97.1 Å². The fourth-order valence-electron chi connectivity index (χ4n) is 4.12. The third kappa shape index (κ3) is 5.59. The van der Waals surface area contributed by atoms with Crippen LogP contribution < -0.4 is 0 Å². The van der Waals surface area contributed by atoms with Crippen molar-refractivity contribution in [2.45, 2.75) is 6.04 Å². The molecule has 4 rings (SSSR count). The van der Waals surface area contributed by atoms with Crippen LogP contribution in [0.15, 0.2) is 97.1 Å². The van der Waals surface area contributed by atoms with Gasteiger partial charge in [0.1, 0.15) is 0 Å². The third-order valence-electron chi connectivity index (χ3n) is 5.73. The molecule has 0 aliphatic carbocycles. The first-order valence-corrected chi connectivity index (χ1v) is 10.4. The number of hydrogen-bond donors (Lipinski definition) is 0. The Morgan fingerprint density at radius 3 is 1.73 bits per heavy atom. The van der Waals surface area contributed by atoms with Crippen LogP contribution in [0.3, 0.4) is 0 Å². The third-order valence-corrected chi connectivity index (χ3v) is 5.73. The highest BCUT2D eigenvalue weighted by molar-refractivity contribution is 5.85. The van der Waals surface area contributed by atoms with Crippen LogP contribution in [0.1, 0.15) is 22.7 Å². The molecule has 0 radical (unpaired) electrons. The standard InChI is InChI=1S/C26H28N2O.ClH/c29-28(20-10-13-23-11-4-1-5-12-23)21-18-27(19-22-28)26(24-14-6-2-7-15-24)25-16-8-3-9-17-25;/h1-17,26H,18-22H2;1H/b13-10+;. The van der Waals surface area contributed by atoms with E-state index in [2.05, 4.69) is 83.8 Å². The van der Waals surface area contributed by atoms with E-state index in [1.807, 2.05) is 24.3 Å². The fraction of sp³-hybridized carbons (Fsp3) is 0.231. The smallest absolute Gasteiger partial charge is 0.0975 e.